The van der Waals surface area contributed by atoms with Gasteiger partial charge in [-0.25, -0.2) is 4.98 Å². The lowest BCUT2D eigenvalue weighted by Gasteiger charge is -2.01. The van der Waals surface area contributed by atoms with E-state index in [-0.39, 0.29) is 0 Å². The van der Waals surface area contributed by atoms with Gasteiger partial charge < -0.3 is 9.88 Å². The molecule has 0 bridgehead atoms. The third-order valence-electron chi connectivity index (χ3n) is 2.88. The molecule has 5 heteroatoms. The van der Waals surface area contributed by atoms with E-state index in [1.54, 1.807) is 11.3 Å². The Balaban J connectivity index is 2.35. The van der Waals surface area contributed by atoms with Crippen LogP contribution in [0.3, 0.4) is 0 Å². The van der Waals surface area contributed by atoms with Gasteiger partial charge in [0.1, 0.15) is 11.5 Å². The van der Waals surface area contributed by atoms with Crippen LogP contribution >= 0.6 is 22.9 Å². The molecule has 2 aromatic rings. The van der Waals surface area contributed by atoms with E-state index >= 15 is 0 Å². The van der Waals surface area contributed by atoms with Gasteiger partial charge in [-0.2, -0.15) is 0 Å². The normalized spacial score (nSPS) is 11.1. The first-order valence-corrected chi connectivity index (χ1v) is 6.75. The third-order valence-corrected chi connectivity index (χ3v) is 4.12. The fourth-order valence-corrected chi connectivity index (χ4v) is 2.86. The highest BCUT2D eigenvalue weighted by atomic mass is 35.5. The minimum atomic E-state index is 0.807. The SMILES string of the molecule is CNCCc1nc(-c2ccc(Cl)s2)c(C)n1C. The summed E-state index contributed by atoms with van der Waals surface area (Å²) >= 11 is 7.54. The Labute approximate surface area is 110 Å². The summed E-state index contributed by atoms with van der Waals surface area (Å²) in [6, 6.07) is 3.95. The van der Waals surface area contributed by atoms with Gasteiger partial charge in [-0.3, -0.25) is 0 Å². The number of imidazole rings is 1. The van der Waals surface area contributed by atoms with Crippen LogP contribution in [0.15, 0.2) is 12.1 Å². The van der Waals surface area contributed by atoms with Gasteiger partial charge in [0.25, 0.3) is 0 Å². The molecule has 0 amide bonds. The maximum Gasteiger partial charge on any atom is 0.110 e. The Morgan fingerprint density at radius 3 is 2.82 bits per heavy atom. The fourth-order valence-electron chi connectivity index (χ4n) is 1.77. The predicted octanol–water partition coefficient (Wildman–Crippen LogP) is 2.87. The van der Waals surface area contributed by atoms with Crippen molar-refractivity contribution in [1.29, 1.82) is 0 Å². The summed E-state index contributed by atoms with van der Waals surface area (Å²) < 4.78 is 2.96. The second kappa shape index (κ2) is 5.21. The van der Waals surface area contributed by atoms with E-state index in [4.69, 9.17) is 16.6 Å². The molecule has 0 radical (unpaired) electrons. The van der Waals surface area contributed by atoms with Crippen molar-refractivity contribution in [3.8, 4) is 10.6 Å². The molecule has 2 aromatic heterocycles. The lowest BCUT2D eigenvalue weighted by atomic mass is 10.3. The first kappa shape index (κ1) is 12.6. The molecule has 0 aliphatic rings. The van der Waals surface area contributed by atoms with E-state index in [1.807, 2.05) is 19.2 Å². The van der Waals surface area contributed by atoms with Crippen LogP contribution < -0.4 is 5.32 Å². The highest BCUT2D eigenvalue weighted by molar-refractivity contribution is 7.19. The van der Waals surface area contributed by atoms with Crippen LogP contribution in [-0.4, -0.2) is 23.1 Å². The van der Waals surface area contributed by atoms with E-state index in [9.17, 15) is 0 Å². The van der Waals surface area contributed by atoms with Gasteiger partial charge in [-0.15, -0.1) is 11.3 Å². The van der Waals surface area contributed by atoms with Gasteiger partial charge in [0.2, 0.25) is 0 Å². The van der Waals surface area contributed by atoms with Crippen molar-refractivity contribution >= 4 is 22.9 Å². The van der Waals surface area contributed by atoms with Crippen LogP contribution in [-0.2, 0) is 13.5 Å². The van der Waals surface area contributed by atoms with Gasteiger partial charge in [0, 0.05) is 25.7 Å². The molecule has 0 fully saturated rings. The molecule has 3 nitrogen and oxygen atoms in total. The molecule has 2 rings (SSSR count). The molecule has 17 heavy (non-hydrogen) atoms. The average Bonchev–Trinajstić information content (AvgIpc) is 2.84. The molecule has 0 spiro atoms. The van der Waals surface area contributed by atoms with Gasteiger partial charge >= 0.3 is 0 Å². The minimum Gasteiger partial charge on any atom is -0.335 e. The second-order valence-electron chi connectivity index (χ2n) is 3.98. The Hall–Kier alpha value is -0.840. The zero-order valence-corrected chi connectivity index (χ0v) is 11.8. The number of hydrogen-bond acceptors (Lipinski definition) is 3. The molecule has 0 unspecified atom stereocenters. The number of thiophene rings is 1. The van der Waals surface area contributed by atoms with Crippen LogP contribution in [0.4, 0.5) is 0 Å². The largest absolute Gasteiger partial charge is 0.335 e. The van der Waals surface area contributed by atoms with Crippen molar-refractivity contribution in [1.82, 2.24) is 14.9 Å². The molecule has 0 saturated carbocycles. The molecular formula is C12H16ClN3S. The second-order valence-corrected chi connectivity index (χ2v) is 5.69. The number of hydrogen-bond donors (Lipinski definition) is 1. The molecule has 1 N–H and O–H groups in total. The number of likely N-dealkylation sites (N-methyl/N-ethyl adjacent to an activating group) is 1. The molecule has 0 saturated heterocycles. The first-order chi connectivity index (χ1) is 8.13. The molecule has 2 heterocycles. The summed E-state index contributed by atoms with van der Waals surface area (Å²) in [4.78, 5) is 5.84. The smallest absolute Gasteiger partial charge is 0.110 e. The average molecular weight is 270 g/mol. The highest BCUT2D eigenvalue weighted by Crippen LogP contribution is 2.32. The summed E-state index contributed by atoms with van der Waals surface area (Å²) in [5.41, 5.74) is 2.24. The highest BCUT2D eigenvalue weighted by Gasteiger charge is 2.13. The molecule has 0 aromatic carbocycles. The van der Waals surface area contributed by atoms with Gasteiger partial charge in [-0.1, -0.05) is 11.6 Å². The van der Waals surface area contributed by atoms with Crippen molar-refractivity contribution in [2.45, 2.75) is 13.3 Å². The van der Waals surface area contributed by atoms with E-state index < -0.39 is 0 Å². The summed E-state index contributed by atoms with van der Waals surface area (Å²) in [5, 5.41) is 3.14. The van der Waals surface area contributed by atoms with Crippen LogP contribution in [0.1, 0.15) is 11.5 Å². The maximum atomic E-state index is 5.97. The van der Waals surface area contributed by atoms with Crippen molar-refractivity contribution in [2.75, 3.05) is 13.6 Å². The Bertz CT molecular complexity index is 516. The zero-order valence-electron chi connectivity index (χ0n) is 10.2. The summed E-state index contributed by atoms with van der Waals surface area (Å²) in [6.07, 6.45) is 0.937. The van der Waals surface area contributed by atoms with Crippen LogP contribution in [0.2, 0.25) is 4.34 Å². The summed E-state index contributed by atoms with van der Waals surface area (Å²) in [5.74, 6) is 1.11. The topological polar surface area (TPSA) is 29.9 Å². The van der Waals surface area contributed by atoms with Crippen molar-refractivity contribution < 1.29 is 0 Å². The molecule has 92 valence electrons. The molecular weight excluding hydrogens is 254 g/mol. The molecule has 0 atom stereocenters. The van der Waals surface area contributed by atoms with E-state index in [0.29, 0.717) is 0 Å². The number of aromatic nitrogens is 2. The quantitative estimate of drug-likeness (QED) is 0.925. The monoisotopic (exact) mass is 269 g/mol. The zero-order chi connectivity index (χ0) is 12.4. The lowest BCUT2D eigenvalue weighted by molar-refractivity contribution is 0.710. The first-order valence-electron chi connectivity index (χ1n) is 5.56. The fraction of sp³-hybridized carbons (Fsp3) is 0.417. The molecule has 0 aliphatic heterocycles. The molecule has 0 aliphatic carbocycles. The van der Waals surface area contributed by atoms with Gasteiger partial charge in [0.15, 0.2) is 0 Å². The Morgan fingerprint density at radius 1 is 1.47 bits per heavy atom. The Kier molecular flexibility index (Phi) is 3.86. The van der Waals surface area contributed by atoms with Crippen LogP contribution in [0.25, 0.3) is 10.6 Å². The van der Waals surface area contributed by atoms with E-state index in [1.165, 1.54) is 5.69 Å². The van der Waals surface area contributed by atoms with E-state index in [2.05, 4.69) is 23.9 Å². The minimum absolute atomic E-state index is 0.807. The standard InChI is InChI=1S/C12H16ClN3S/c1-8-12(9-4-5-10(13)17-9)15-11(16(8)3)6-7-14-2/h4-5,14H,6-7H2,1-3H3. The maximum absolute atomic E-state index is 5.97. The lowest BCUT2D eigenvalue weighted by Crippen LogP contribution is -2.13. The number of nitrogens with one attached hydrogen (secondary N) is 1. The number of rotatable bonds is 4. The predicted molar refractivity (Wildman–Crippen MR) is 73.9 cm³/mol. The van der Waals surface area contributed by atoms with Crippen molar-refractivity contribution in [2.24, 2.45) is 7.05 Å². The summed E-state index contributed by atoms with van der Waals surface area (Å²) in [6.45, 7) is 3.04. The van der Waals surface area contributed by atoms with Crippen LogP contribution in [0.5, 0.6) is 0 Å². The summed E-state index contributed by atoms with van der Waals surface area (Å²) in [7, 11) is 4.02. The van der Waals surface area contributed by atoms with Crippen molar-refractivity contribution in [3.63, 3.8) is 0 Å². The van der Waals surface area contributed by atoms with Crippen molar-refractivity contribution in [3.05, 3.63) is 28.0 Å². The third kappa shape index (κ3) is 2.54. The van der Waals surface area contributed by atoms with Gasteiger partial charge in [0.05, 0.1) is 9.21 Å². The van der Waals surface area contributed by atoms with Gasteiger partial charge in [-0.05, 0) is 26.1 Å². The Morgan fingerprint density at radius 2 is 2.24 bits per heavy atom. The van der Waals surface area contributed by atoms with Crippen LogP contribution in [0, 0.1) is 6.92 Å². The number of nitrogens with zero attached hydrogens (tertiary/aromatic N) is 2. The van der Waals surface area contributed by atoms with E-state index in [0.717, 1.165) is 33.7 Å². The number of halogens is 1.